The number of nitrogens with two attached hydrogens (primary N) is 1. The lowest BCUT2D eigenvalue weighted by atomic mass is 10.2. The third kappa shape index (κ3) is 3.62. The van der Waals surface area contributed by atoms with E-state index in [4.69, 9.17) is 17.3 Å². The highest BCUT2D eigenvalue weighted by atomic mass is 35.5. The molecule has 1 amide bonds. The van der Waals surface area contributed by atoms with E-state index in [1.165, 1.54) is 23.1 Å². The Kier molecular flexibility index (Phi) is 4.85. The zero-order valence-corrected chi connectivity index (χ0v) is 13.3. The van der Waals surface area contributed by atoms with Gasteiger partial charge in [0.25, 0.3) is 0 Å². The monoisotopic (exact) mass is 328 g/mol. The molecule has 1 aromatic heterocycles. The number of benzene rings is 1. The Morgan fingerprint density at radius 1 is 1.50 bits per heavy atom. The van der Waals surface area contributed by atoms with Crippen molar-refractivity contribution in [3.05, 3.63) is 28.8 Å². The fraction of sp³-hybridized carbons (Fsp3) is 0.250. The molecule has 0 bridgehead atoms. The van der Waals surface area contributed by atoms with Gasteiger partial charge >= 0.3 is 0 Å². The number of aromatic nitrogens is 2. The largest absolute Gasteiger partial charge is 0.369 e. The molecule has 2 rings (SSSR count). The standard InChI is InChI=1S/C12H13ClN4OS2/c1-6-8(13)4-3-5-9(6)15-11-16-17-12(20-11)19-7(2)10(14)18/h3-5,7H,1-2H3,(H2,14,18)(H,15,16). The average molecular weight is 329 g/mol. The minimum atomic E-state index is -0.370. The SMILES string of the molecule is Cc1c(Cl)cccc1Nc1nnc(SC(C)C(N)=O)s1. The summed E-state index contributed by atoms with van der Waals surface area (Å²) in [6.45, 7) is 3.67. The van der Waals surface area contributed by atoms with Gasteiger partial charge in [0, 0.05) is 10.7 Å². The molecule has 0 radical (unpaired) electrons. The van der Waals surface area contributed by atoms with Crippen molar-refractivity contribution in [1.82, 2.24) is 10.2 Å². The molecule has 0 saturated carbocycles. The summed E-state index contributed by atoms with van der Waals surface area (Å²) in [5, 5.41) is 12.2. The van der Waals surface area contributed by atoms with Crippen LogP contribution in [0.15, 0.2) is 22.5 Å². The van der Waals surface area contributed by atoms with E-state index in [2.05, 4.69) is 15.5 Å². The van der Waals surface area contributed by atoms with Crippen LogP contribution in [0.5, 0.6) is 0 Å². The van der Waals surface area contributed by atoms with Crippen LogP contribution in [0, 0.1) is 6.92 Å². The second kappa shape index (κ2) is 6.43. The number of halogens is 1. The Bertz CT molecular complexity index is 632. The molecule has 0 spiro atoms. The Balaban J connectivity index is 2.10. The molecular weight excluding hydrogens is 316 g/mol. The second-order valence-electron chi connectivity index (χ2n) is 4.07. The van der Waals surface area contributed by atoms with Gasteiger partial charge in [-0.25, -0.2) is 0 Å². The van der Waals surface area contributed by atoms with Gasteiger partial charge in [-0.2, -0.15) is 0 Å². The van der Waals surface area contributed by atoms with Crippen LogP contribution in [0.1, 0.15) is 12.5 Å². The van der Waals surface area contributed by atoms with Gasteiger partial charge in [0.2, 0.25) is 11.0 Å². The highest BCUT2D eigenvalue weighted by molar-refractivity contribution is 8.02. The van der Waals surface area contributed by atoms with Gasteiger partial charge in [0.15, 0.2) is 4.34 Å². The van der Waals surface area contributed by atoms with E-state index in [-0.39, 0.29) is 11.2 Å². The summed E-state index contributed by atoms with van der Waals surface area (Å²) in [4.78, 5) is 11.0. The number of rotatable bonds is 5. The van der Waals surface area contributed by atoms with E-state index in [1.807, 2.05) is 25.1 Å². The molecule has 1 heterocycles. The third-order valence-corrected chi connectivity index (χ3v) is 5.04. The predicted octanol–water partition coefficient (Wildman–Crippen LogP) is 3.21. The maximum atomic E-state index is 11.0. The Labute approximate surface area is 129 Å². The van der Waals surface area contributed by atoms with E-state index in [0.717, 1.165) is 11.3 Å². The van der Waals surface area contributed by atoms with Crippen LogP contribution in [0.4, 0.5) is 10.8 Å². The summed E-state index contributed by atoms with van der Waals surface area (Å²) in [7, 11) is 0. The lowest BCUT2D eigenvalue weighted by Crippen LogP contribution is -2.22. The highest BCUT2D eigenvalue weighted by Gasteiger charge is 2.14. The van der Waals surface area contributed by atoms with Crippen LogP contribution >= 0.6 is 34.7 Å². The molecular formula is C12H13ClN4OS2. The van der Waals surface area contributed by atoms with E-state index in [0.29, 0.717) is 14.5 Å². The Morgan fingerprint density at radius 2 is 2.25 bits per heavy atom. The zero-order valence-electron chi connectivity index (χ0n) is 10.9. The maximum Gasteiger partial charge on any atom is 0.230 e. The number of carbonyl (C=O) groups is 1. The molecule has 0 aliphatic carbocycles. The predicted molar refractivity (Wildman–Crippen MR) is 83.9 cm³/mol. The third-order valence-electron chi connectivity index (χ3n) is 2.59. The van der Waals surface area contributed by atoms with Gasteiger partial charge in [-0.1, -0.05) is 40.8 Å². The molecule has 0 saturated heterocycles. The smallest absolute Gasteiger partial charge is 0.230 e. The number of amides is 1. The van der Waals surface area contributed by atoms with Crippen LogP contribution in [-0.4, -0.2) is 21.4 Å². The second-order valence-corrected chi connectivity index (χ2v) is 7.05. The van der Waals surface area contributed by atoms with Crippen molar-refractivity contribution in [1.29, 1.82) is 0 Å². The first-order valence-corrected chi connectivity index (χ1v) is 7.86. The van der Waals surface area contributed by atoms with Crippen LogP contribution in [0.2, 0.25) is 5.02 Å². The number of primary amides is 1. The van der Waals surface area contributed by atoms with Crippen molar-refractivity contribution >= 4 is 51.4 Å². The summed E-state index contributed by atoms with van der Waals surface area (Å²) in [6, 6.07) is 5.61. The normalized spacial score (nSPS) is 12.2. The van der Waals surface area contributed by atoms with Crippen molar-refractivity contribution in [2.24, 2.45) is 5.73 Å². The van der Waals surface area contributed by atoms with Crippen LogP contribution in [-0.2, 0) is 4.79 Å². The number of carbonyl (C=O) groups excluding carboxylic acids is 1. The maximum absolute atomic E-state index is 11.0. The quantitative estimate of drug-likeness (QED) is 0.824. The number of nitrogens with one attached hydrogen (secondary N) is 1. The van der Waals surface area contributed by atoms with E-state index < -0.39 is 0 Å². The first-order valence-electron chi connectivity index (χ1n) is 5.79. The Hall–Kier alpha value is -1.31. The molecule has 1 atom stereocenters. The molecule has 8 heteroatoms. The molecule has 2 aromatic rings. The van der Waals surface area contributed by atoms with Crippen molar-refractivity contribution in [2.75, 3.05) is 5.32 Å². The summed E-state index contributed by atoms with van der Waals surface area (Å²) in [6.07, 6.45) is 0. The Morgan fingerprint density at radius 3 is 2.95 bits per heavy atom. The number of thioether (sulfide) groups is 1. The lowest BCUT2D eigenvalue weighted by molar-refractivity contribution is -0.117. The first-order chi connectivity index (χ1) is 9.47. The molecule has 20 heavy (non-hydrogen) atoms. The zero-order chi connectivity index (χ0) is 14.7. The topological polar surface area (TPSA) is 80.9 Å². The summed E-state index contributed by atoms with van der Waals surface area (Å²) in [5.74, 6) is -0.370. The number of hydrogen-bond acceptors (Lipinski definition) is 6. The van der Waals surface area contributed by atoms with Crippen LogP contribution < -0.4 is 11.1 Å². The fourth-order valence-electron chi connectivity index (χ4n) is 1.38. The van der Waals surface area contributed by atoms with Gasteiger partial charge in [-0.15, -0.1) is 10.2 Å². The van der Waals surface area contributed by atoms with Crippen molar-refractivity contribution in [3.8, 4) is 0 Å². The minimum Gasteiger partial charge on any atom is -0.369 e. The van der Waals surface area contributed by atoms with E-state index in [1.54, 1.807) is 6.92 Å². The molecule has 0 fully saturated rings. The van der Waals surface area contributed by atoms with Crippen molar-refractivity contribution in [2.45, 2.75) is 23.4 Å². The van der Waals surface area contributed by atoms with Crippen LogP contribution in [0.25, 0.3) is 0 Å². The summed E-state index contributed by atoms with van der Waals surface area (Å²) < 4.78 is 0.693. The lowest BCUT2D eigenvalue weighted by Gasteiger charge is -2.07. The molecule has 3 N–H and O–H groups in total. The van der Waals surface area contributed by atoms with Crippen molar-refractivity contribution in [3.63, 3.8) is 0 Å². The van der Waals surface area contributed by atoms with Gasteiger partial charge in [-0.05, 0) is 31.5 Å². The molecule has 0 aliphatic heterocycles. The van der Waals surface area contributed by atoms with Gasteiger partial charge in [0.1, 0.15) is 0 Å². The average Bonchev–Trinajstić information content (AvgIpc) is 2.82. The summed E-state index contributed by atoms with van der Waals surface area (Å²) in [5.41, 5.74) is 7.05. The number of anilines is 2. The van der Waals surface area contributed by atoms with E-state index >= 15 is 0 Å². The minimum absolute atomic E-state index is 0.330. The highest BCUT2D eigenvalue weighted by Crippen LogP contribution is 2.32. The summed E-state index contributed by atoms with van der Waals surface area (Å²) >= 11 is 8.72. The fourth-order valence-corrected chi connectivity index (χ4v) is 3.41. The first kappa shape index (κ1) is 15.1. The van der Waals surface area contributed by atoms with Gasteiger partial charge in [-0.3, -0.25) is 4.79 Å². The van der Waals surface area contributed by atoms with Crippen molar-refractivity contribution < 1.29 is 4.79 Å². The molecule has 1 unspecified atom stereocenters. The van der Waals surface area contributed by atoms with Gasteiger partial charge < -0.3 is 11.1 Å². The van der Waals surface area contributed by atoms with E-state index in [9.17, 15) is 4.79 Å². The van der Waals surface area contributed by atoms with Crippen LogP contribution in [0.3, 0.4) is 0 Å². The molecule has 106 valence electrons. The molecule has 1 aromatic carbocycles. The molecule has 0 aliphatic rings. The number of hydrogen-bond donors (Lipinski definition) is 2. The molecule has 5 nitrogen and oxygen atoms in total. The van der Waals surface area contributed by atoms with Gasteiger partial charge in [0.05, 0.1) is 5.25 Å². The number of nitrogens with zero attached hydrogens (tertiary/aromatic N) is 2.